The number of rotatable bonds is 4. The largest absolute Gasteiger partial charge is 0.584 e. The van der Waals surface area contributed by atoms with Crippen molar-refractivity contribution in [2.24, 2.45) is 4.99 Å². The number of nitrogens with one attached hydrogen (secondary N) is 1. The molecule has 0 spiro atoms. The van der Waals surface area contributed by atoms with E-state index in [0.717, 1.165) is 32.7 Å². The molecule has 3 heterocycles. The number of fused-ring (bicyclic) bond motifs is 7. The molecular weight excluding hydrogens is 676 g/mol. The average molecular weight is 708 g/mol. The number of thiazole rings is 1. The zero-order valence-electron chi connectivity index (χ0n) is 27.2. The van der Waals surface area contributed by atoms with Crippen LogP contribution in [0.15, 0.2) is 119 Å². The van der Waals surface area contributed by atoms with E-state index in [0.29, 0.717) is 44.7 Å². The third-order valence-corrected chi connectivity index (χ3v) is 10.1. The van der Waals surface area contributed by atoms with Crippen LogP contribution in [0.5, 0.6) is 11.5 Å². The van der Waals surface area contributed by atoms with Crippen molar-refractivity contribution in [1.82, 2.24) is 10.3 Å². The van der Waals surface area contributed by atoms with Gasteiger partial charge in [-0.15, -0.1) is 11.3 Å². The summed E-state index contributed by atoms with van der Waals surface area (Å²) in [5.41, 5.74) is 3.67. The summed E-state index contributed by atoms with van der Waals surface area (Å²) in [6.07, 6.45) is 1.69. The van der Waals surface area contributed by atoms with Crippen LogP contribution in [0.25, 0.3) is 32.7 Å². The fourth-order valence-electron chi connectivity index (χ4n) is 6.18. The molecule has 252 valence electrons. The van der Waals surface area contributed by atoms with Crippen LogP contribution in [0, 0.1) is 12.7 Å². The highest BCUT2D eigenvalue weighted by molar-refractivity contribution is 7.48. The van der Waals surface area contributed by atoms with E-state index in [1.807, 2.05) is 66.0 Å². The molecule has 0 unspecified atom stereocenters. The number of carbonyl (C=O) groups is 1. The number of carbonyl (C=O) groups excluding carboxylic acids is 1. The molecule has 2 aliphatic rings. The first-order valence-electron chi connectivity index (χ1n) is 15.8. The van der Waals surface area contributed by atoms with Crippen LogP contribution in [0.2, 0.25) is 0 Å². The highest BCUT2D eigenvalue weighted by Gasteiger charge is 2.34. The van der Waals surface area contributed by atoms with Gasteiger partial charge in [-0.25, -0.2) is 18.7 Å². The van der Waals surface area contributed by atoms with Gasteiger partial charge >= 0.3 is 13.8 Å². The number of halogens is 1. The first kappa shape index (κ1) is 33.2. The normalized spacial score (nSPS) is 16.0. The maximum absolute atomic E-state index is 14.1. The maximum Gasteiger partial charge on any atom is 0.584 e. The second kappa shape index (κ2) is 13.5. The van der Waals surface area contributed by atoms with Crippen molar-refractivity contribution in [3.63, 3.8) is 0 Å². The highest BCUT2D eigenvalue weighted by atomic mass is 32.1. The van der Waals surface area contributed by atoms with Gasteiger partial charge in [-0.05, 0) is 71.6 Å². The topological polar surface area (TPSA) is 119 Å². The number of amidine groups is 1. The molecule has 1 atom stereocenters. The number of allylic oxidation sites excluding steroid dienone is 1. The van der Waals surface area contributed by atoms with Gasteiger partial charge in [0.25, 0.3) is 0 Å². The van der Waals surface area contributed by atoms with E-state index in [1.165, 1.54) is 17.4 Å². The molecule has 5 aromatic carbocycles. The molecule has 50 heavy (non-hydrogen) atoms. The number of nitrogens with zero attached hydrogens (tertiary/aromatic N) is 2. The smallest absolute Gasteiger partial charge is 0.463 e. The molecule has 2 aliphatic heterocycles. The lowest BCUT2D eigenvalue weighted by molar-refractivity contribution is -0.138. The number of aromatic nitrogens is 1. The van der Waals surface area contributed by atoms with Crippen molar-refractivity contribution in [3.05, 3.63) is 136 Å². The van der Waals surface area contributed by atoms with E-state index in [2.05, 4.69) is 15.3 Å². The minimum atomic E-state index is -4.25. The standard InChI is InChI=1S/C20H13O4P.C18H18FN3O2S/c21-25(22)23-17-11-9-13-5-1-3-7-15(13)19(17)20-16-8-4-2-6-14(16)10-12-18(20)24-25;1-4-24-18(23)14-11(3)21-16(17-20-8-9-25-17)22-15(14)12-6-5-7-13(19)10(12)2/h1-12H,(H,21,22);5-9,15H,4H2,1-3H3,(H,21,22)/t;15-/m.0/s1. The lowest BCUT2D eigenvalue weighted by atomic mass is 9.92. The Bertz CT molecular complexity index is 2300. The Kier molecular flexibility index (Phi) is 8.96. The molecule has 0 bridgehead atoms. The van der Waals surface area contributed by atoms with E-state index < -0.39 is 19.8 Å². The van der Waals surface area contributed by atoms with Crippen molar-refractivity contribution in [1.29, 1.82) is 0 Å². The molecule has 0 saturated carbocycles. The van der Waals surface area contributed by atoms with E-state index in [4.69, 9.17) is 13.8 Å². The van der Waals surface area contributed by atoms with Gasteiger partial charge in [-0.2, -0.15) is 0 Å². The Balaban J connectivity index is 0.000000157. The summed E-state index contributed by atoms with van der Waals surface area (Å²) >= 11 is 1.44. The zero-order valence-corrected chi connectivity index (χ0v) is 28.9. The van der Waals surface area contributed by atoms with Gasteiger partial charge in [-0.3, -0.25) is 9.89 Å². The number of hydrogen-bond donors (Lipinski definition) is 2. The van der Waals surface area contributed by atoms with Gasteiger partial charge in [0.2, 0.25) is 0 Å². The van der Waals surface area contributed by atoms with Crippen LogP contribution in [0.3, 0.4) is 0 Å². The van der Waals surface area contributed by atoms with Crippen LogP contribution in [-0.4, -0.2) is 28.3 Å². The van der Waals surface area contributed by atoms with Gasteiger partial charge in [0.15, 0.2) is 10.8 Å². The van der Waals surface area contributed by atoms with Gasteiger partial charge in [0.1, 0.15) is 23.4 Å². The maximum atomic E-state index is 14.1. The van der Waals surface area contributed by atoms with Gasteiger partial charge < -0.3 is 19.1 Å². The van der Waals surface area contributed by atoms with Crippen molar-refractivity contribution in [3.8, 4) is 22.6 Å². The number of ether oxygens (including phenoxy) is 1. The second-order valence-electron chi connectivity index (χ2n) is 11.5. The Labute approximate surface area is 291 Å². The molecule has 0 aliphatic carbocycles. The zero-order chi connectivity index (χ0) is 35.0. The van der Waals surface area contributed by atoms with Crippen molar-refractivity contribution in [2.45, 2.75) is 26.8 Å². The third kappa shape index (κ3) is 6.27. The first-order valence-corrected chi connectivity index (χ1v) is 18.2. The first-order chi connectivity index (χ1) is 24.1. The minimum Gasteiger partial charge on any atom is -0.463 e. The highest BCUT2D eigenvalue weighted by Crippen LogP contribution is 2.56. The lowest BCUT2D eigenvalue weighted by Crippen LogP contribution is -2.33. The molecule has 9 nitrogen and oxygen atoms in total. The van der Waals surface area contributed by atoms with Crippen LogP contribution in [0.1, 0.15) is 36.0 Å². The number of aliphatic imine (C=N–C) groups is 1. The number of benzene rings is 5. The van der Waals surface area contributed by atoms with Crippen LogP contribution in [0.4, 0.5) is 4.39 Å². The molecule has 0 amide bonds. The van der Waals surface area contributed by atoms with Crippen LogP contribution in [-0.2, 0) is 14.1 Å². The van der Waals surface area contributed by atoms with E-state index in [1.54, 1.807) is 51.2 Å². The van der Waals surface area contributed by atoms with Crippen LogP contribution >= 0.6 is 19.2 Å². The molecule has 12 heteroatoms. The Hall–Kier alpha value is -5.35. The predicted molar refractivity (Wildman–Crippen MR) is 193 cm³/mol. The van der Waals surface area contributed by atoms with Gasteiger partial charge in [-0.1, -0.05) is 72.8 Å². The minimum absolute atomic E-state index is 0.257. The SMILES string of the molecule is CCOC(=O)C1=C(C)NC(c2nccs2)=N[C@H]1c1cccc(F)c1C.O=P1(O)Oc2ccc3ccccc3c2-c2c(ccc3ccccc23)O1. The van der Waals surface area contributed by atoms with Crippen molar-refractivity contribution < 1.29 is 32.4 Å². The Morgan fingerprint density at radius 2 is 1.54 bits per heavy atom. The fourth-order valence-corrected chi connectivity index (χ4v) is 7.61. The van der Waals surface area contributed by atoms with Crippen molar-refractivity contribution >= 4 is 52.5 Å². The summed E-state index contributed by atoms with van der Waals surface area (Å²) in [5.74, 6) is 0.472. The molecule has 0 fully saturated rings. The summed E-state index contributed by atoms with van der Waals surface area (Å²) < 4.78 is 42.4. The molecule has 6 aromatic rings. The van der Waals surface area contributed by atoms with Crippen molar-refractivity contribution in [2.75, 3.05) is 6.61 Å². The summed E-state index contributed by atoms with van der Waals surface area (Å²) in [6.45, 7) is 5.48. The predicted octanol–water partition coefficient (Wildman–Crippen LogP) is 9.05. The second-order valence-corrected chi connectivity index (χ2v) is 13.7. The quantitative estimate of drug-likeness (QED) is 0.138. The molecular formula is C38H31FN3O6PS. The summed E-state index contributed by atoms with van der Waals surface area (Å²) in [7, 11) is -4.25. The van der Waals surface area contributed by atoms with E-state index in [-0.39, 0.29) is 12.4 Å². The number of phosphoric ester groups is 1. The molecule has 8 rings (SSSR count). The van der Waals surface area contributed by atoms with E-state index >= 15 is 0 Å². The molecule has 0 saturated heterocycles. The monoisotopic (exact) mass is 707 g/mol. The number of phosphoric acid groups is 1. The Morgan fingerprint density at radius 3 is 2.12 bits per heavy atom. The molecule has 2 N–H and O–H groups in total. The molecule has 0 radical (unpaired) electrons. The van der Waals surface area contributed by atoms with Crippen LogP contribution < -0.4 is 14.4 Å². The lowest BCUT2D eigenvalue weighted by Gasteiger charge is -2.26. The van der Waals surface area contributed by atoms with Gasteiger partial charge in [0, 0.05) is 28.4 Å². The Morgan fingerprint density at radius 1 is 0.920 bits per heavy atom. The number of hydrogen-bond acceptors (Lipinski definition) is 9. The summed E-state index contributed by atoms with van der Waals surface area (Å²) in [6, 6.07) is 27.1. The molecule has 1 aromatic heterocycles. The summed E-state index contributed by atoms with van der Waals surface area (Å²) in [4.78, 5) is 31.5. The summed E-state index contributed by atoms with van der Waals surface area (Å²) in [5, 5.41) is 9.63. The fraction of sp³-hybridized carbons (Fsp3) is 0.132. The third-order valence-electron chi connectivity index (χ3n) is 8.43. The average Bonchev–Trinajstić information content (AvgIpc) is 3.61. The number of esters is 1. The van der Waals surface area contributed by atoms with Gasteiger partial charge in [0.05, 0.1) is 12.2 Å². The van der Waals surface area contributed by atoms with E-state index in [9.17, 15) is 18.6 Å².